The molecule has 1 aliphatic rings. The minimum atomic E-state index is 0.154. The summed E-state index contributed by atoms with van der Waals surface area (Å²) in [5.74, 6) is 0. The quantitative estimate of drug-likeness (QED) is 0.687. The largest absolute Gasteiger partial charge is 0.379 e. The van der Waals surface area contributed by atoms with E-state index >= 15 is 0 Å². The molecule has 0 aliphatic carbocycles. The second kappa shape index (κ2) is 8.86. The van der Waals surface area contributed by atoms with Crippen molar-refractivity contribution >= 4 is 0 Å². The molecule has 1 aliphatic heterocycles. The Kier molecular flexibility index (Phi) is 7.82. The van der Waals surface area contributed by atoms with Crippen LogP contribution in [0.1, 0.15) is 40.5 Å². The van der Waals surface area contributed by atoms with Crippen LogP contribution in [0.3, 0.4) is 0 Å². The van der Waals surface area contributed by atoms with E-state index in [2.05, 4.69) is 19.2 Å². The molecular formula is C14H29NO3. The lowest BCUT2D eigenvalue weighted by atomic mass is 10.2. The van der Waals surface area contributed by atoms with Crippen molar-refractivity contribution in [2.24, 2.45) is 0 Å². The van der Waals surface area contributed by atoms with Crippen LogP contribution in [0, 0.1) is 0 Å². The Labute approximate surface area is 111 Å². The molecule has 3 unspecified atom stereocenters. The fourth-order valence-electron chi connectivity index (χ4n) is 2.02. The molecule has 18 heavy (non-hydrogen) atoms. The second-order valence-corrected chi connectivity index (χ2v) is 5.32. The van der Waals surface area contributed by atoms with Gasteiger partial charge >= 0.3 is 0 Å². The van der Waals surface area contributed by atoms with E-state index in [-0.39, 0.29) is 12.2 Å². The summed E-state index contributed by atoms with van der Waals surface area (Å²) >= 11 is 0. The third kappa shape index (κ3) is 6.69. The molecule has 0 aromatic heterocycles. The Bertz CT molecular complexity index is 211. The van der Waals surface area contributed by atoms with Gasteiger partial charge in [-0.3, -0.25) is 0 Å². The smallest absolute Gasteiger partial charge is 0.0814 e. The SMILES string of the molecule is CCOCC(C)OCC1CCC(CNC(C)C)O1. The molecule has 1 N–H and O–H groups in total. The first-order valence-electron chi connectivity index (χ1n) is 7.20. The van der Waals surface area contributed by atoms with Crippen LogP contribution in [0.5, 0.6) is 0 Å². The Morgan fingerprint density at radius 3 is 2.61 bits per heavy atom. The molecule has 0 bridgehead atoms. The first kappa shape index (κ1) is 15.9. The van der Waals surface area contributed by atoms with Crippen LogP contribution in [0.15, 0.2) is 0 Å². The van der Waals surface area contributed by atoms with Gasteiger partial charge in [0, 0.05) is 19.2 Å². The molecule has 1 fully saturated rings. The molecule has 1 saturated heterocycles. The fraction of sp³-hybridized carbons (Fsp3) is 1.00. The minimum absolute atomic E-state index is 0.154. The Hall–Kier alpha value is -0.160. The Morgan fingerprint density at radius 2 is 1.94 bits per heavy atom. The van der Waals surface area contributed by atoms with Crippen molar-refractivity contribution in [3.63, 3.8) is 0 Å². The van der Waals surface area contributed by atoms with Crippen LogP contribution < -0.4 is 5.32 Å². The molecule has 4 heteroatoms. The first-order chi connectivity index (χ1) is 8.61. The molecule has 0 radical (unpaired) electrons. The lowest BCUT2D eigenvalue weighted by molar-refractivity contribution is -0.0584. The normalized spacial score (nSPS) is 25.8. The van der Waals surface area contributed by atoms with Gasteiger partial charge in [0.1, 0.15) is 0 Å². The zero-order valence-corrected chi connectivity index (χ0v) is 12.3. The van der Waals surface area contributed by atoms with Crippen molar-refractivity contribution in [1.29, 1.82) is 0 Å². The summed E-state index contributed by atoms with van der Waals surface area (Å²) in [5, 5.41) is 3.41. The topological polar surface area (TPSA) is 39.7 Å². The van der Waals surface area contributed by atoms with Crippen LogP contribution in [0.2, 0.25) is 0 Å². The fourth-order valence-corrected chi connectivity index (χ4v) is 2.02. The van der Waals surface area contributed by atoms with Gasteiger partial charge in [-0.05, 0) is 26.7 Å². The molecule has 0 aromatic carbocycles. The summed E-state index contributed by atoms with van der Waals surface area (Å²) < 4.78 is 17.0. The molecule has 108 valence electrons. The number of nitrogens with one attached hydrogen (secondary N) is 1. The maximum Gasteiger partial charge on any atom is 0.0814 e. The highest BCUT2D eigenvalue weighted by molar-refractivity contribution is 4.76. The van der Waals surface area contributed by atoms with Crippen LogP contribution in [-0.4, -0.2) is 50.7 Å². The predicted molar refractivity (Wildman–Crippen MR) is 72.9 cm³/mol. The zero-order valence-electron chi connectivity index (χ0n) is 12.3. The average molecular weight is 259 g/mol. The van der Waals surface area contributed by atoms with Crippen molar-refractivity contribution in [3.05, 3.63) is 0 Å². The van der Waals surface area contributed by atoms with Crippen LogP contribution in [0.25, 0.3) is 0 Å². The van der Waals surface area contributed by atoms with Crippen LogP contribution in [-0.2, 0) is 14.2 Å². The summed E-state index contributed by atoms with van der Waals surface area (Å²) in [6, 6.07) is 0.523. The molecule has 1 rings (SSSR count). The number of rotatable bonds is 9. The van der Waals surface area contributed by atoms with Gasteiger partial charge in [-0.15, -0.1) is 0 Å². The number of hydrogen-bond donors (Lipinski definition) is 1. The van der Waals surface area contributed by atoms with E-state index in [1.807, 2.05) is 13.8 Å². The van der Waals surface area contributed by atoms with E-state index in [9.17, 15) is 0 Å². The van der Waals surface area contributed by atoms with E-state index in [1.165, 1.54) is 0 Å². The molecule has 0 spiro atoms. The van der Waals surface area contributed by atoms with E-state index in [0.717, 1.165) is 26.0 Å². The van der Waals surface area contributed by atoms with Gasteiger partial charge in [0.05, 0.1) is 31.5 Å². The van der Waals surface area contributed by atoms with Crippen molar-refractivity contribution in [2.45, 2.75) is 64.9 Å². The summed E-state index contributed by atoms with van der Waals surface area (Å²) in [6.07, 6.45) is 3.00. The zero-order chi connectivity index (χ0) is 13.4. The molecular weight excluding hydrogens is 230 g/mol. The van der Waals surface area contributed by atoms with Gasteiger partial charge < -0.3 is 19.5 Å². The molecule has 0 saturated carbocycles. The highest BCUT2D eigenvalue weighted by Gasteiger charge is 2.25. The van der Waals surface area contributed by atoms with Gasteiger partial charge in [-0.2, -0.15) is 0 Å². The van der Waals surface area contributed by atoms with Crippen molar-refractivity contribution < 1.29 is 14.2 Å². The van der Waals surface area contributed by atoms with Crippen molar-refractivity contribution in [3.8, 4) is 0 Å². The van der Waals surface area contributed by atoms with Gasteiger partial charge in [-0.1, -0.05) is 13.8 Å². The lowest BCUT2D eigenvalue weighted by Crippen LogP contribution is -2.32. The summed E-state index contributed by atoms with van der Waals surface area (Å²) in [6.45, 7) is 11.4. The second-order valence-electron chi connectivity index (χ2n) is 5.32. The molecule has 3 atom stereocenters. The average Bonchev–Trinajstić information content (AvgIpc) is 2.79. The number of ether oxygens (including phenoxy) is 3. The lowest BCUT2D eigenvalue weighted by Gasteiger charge is -2.18. The highest BCUT2D eigenvalue weighted by atomic mass is 16.6. The van der Waals surface area contributed by atoms with Crippen molar-refractivity contribution in [1.82, 2.24) is 5.32 Å². The molecule has 0 aromatic rings. The van der Waals surface area contributed by atoms with E-state index in [1.54, 1.807) is 0 Å². The first-order valence-corrected chi connectivity index (χ1v) is 7.20. The summed E-state index contributed by atoms with van der Waals surface area (Å²) in [7, 11) is 0. The predicted octanol–water partition coefficient (Wildman–Crippen LogP) is 1.97. The van der Waals surface area contributed by atoms with Gasteiger partial charge in [0.15, 0.2) is 0 Å². The van der Waals surface area contributed by atoms with Gasteiger partial charge in [0.25, 0.3) is 0 Å². The maximum atomic E-state index is 5.94. The van der Waals surface area contributed by atoms with Gasteiger partial charge in [-0.25, -0.2) is 0 Å². The Morgan fingerprint density at radius 1 is 1.22 bits per heavy atom. The van der Waals surface area contributed by atoms with Crippen molar-refractivity contribution in [2.75, 3.05) is 26.4 Å². The monoisotopic (exact) mass is 259 g/mol. The molecule has 4 nitrogen and oxygen atoms in total. The number of hydrogen-bond acceptors (Lipinski definition) is 4. The molecule has 0 amide bonds. The maximum absolute atomic E-state index is 5.94. The van der Waals surface area contributed by atoms with E-state index in [0.29, 0.717) is 25.4 Å². The van der Waals surface area contributed by atoms with E-state index in [4.69, 9.17) is 14.2 Å². The van der Waals surface area contributed by atoms with Gasteiger partial charge in [0.2, 0.25) is 0 Å². The van der Waals surface area contributed by atoms with Crippen LogP contribution >= 0.6 is 0 Å². The van der Waals surface area contributed by atoms with E-state index < -0.39 is 0 Å². The Balaban J connectivity index is 2.07. The van der Waals surface area contributed by atoms with Crippen LogP contribution in [0.4, 0.5) is 0 Å². The highest BCUT2D eigenvalue weighted by Crippen LogP contribution is 2.19. The summed E-state index contributed by atoms with van der Waals surface area (Å²) in [4.78, 5) is 0. The minimum Gasteiger partial charge on any atom is -0.379 e. The standard InChI is InChI=1S/C14H29NO3/c1-5-16-9-12(4)17-10-14-7-6-13(18-14)8-15-11(2)3/h11-15H,5-10H2,1-4H3. The third-order valence-electron chi connectivity index (χ3n) is 3.07. The molecule has 1 heterocycles. The third-order valence-corrected chi connectivity index (χ3v) is 3.07. The summed E-state index contributed by atoms with van der Waals surface area (Å²) in [5.41, 5.74) is 0.